The van der Waals surface area contributed by atoms with Crippen LogP contribution in [0.25, 0.3) is 0 Å². The summed E-state index contributed by atoms with van der Waals surface area (Å²) in [6.45, 7) is 1.84. The molecule has 1 aromatic carbocycles. The Hall–Kier alpha value is -2.02. The molecule has 1 atom stereocenters. The molecule has 0 aliphatic heterocycles. The highest BCUT2D eigenvalue weighted by molar-refractivity contribution is 5.81. The van der Waals surface area contributed by atoms with Gasteiger partial charge in [0.1, 0.15) is 6.07 Å². The molecule has 1 aromatic rings. The molecular weight excluding hydrogens is 206 g/mol. The van der Waals surface area contributed by atoms with E-state index in [2.05, 4.69) is 0 Å². The molecule has 0 saturated heterocycles. The lowest BCUT2D eigenvalue weighted by atomic mass is 10.2. The Balaban J connectivity index is 3.09. The van der Waals surface area contributed by atoms with Gasteiger partial charge in [0.15, 0.2) is 23.9 Å². The van der Waals surface area contributed by atoms with Gasteiger partial charge in [-0.05, 0) is 18.6 Å². The van der Waals surface area contributed by atoms with Crippen LogP contribution in [0.5, 0.6) is 11.5 Å². The summed E-state index contributed by atoms with van der Waals surface area (Å²) in [6, 6.07) is 7.01. The Bertz CT molecular complexity index is 409. The lowest BCUT2D eigenvalue weighted by Crippen LogP contribution is -2.14. The topological polar surface area (TPSA) is 59.3 Å². The quantitative estimate of drug-likeness (QED) is 0.712. The van der Waals surface area contributed by atoms with Gasteiger partial charge >= 0.3 is 0 Å². The molecule has 0 aliphatic carbocycles. The number of ether oxygens (including phenoxy) is 2. The molecule has 4 nitrogen and oxygen atoms in total. The zero-order chi connectivity index (χ0) is 12.0. The minimum Gasteiger partial charge on any atom is -0.493 e. The summed E-state index contributed by atoms with van der Waals surface area (Å²) in [5.74, 6) is 0.784. The average Bonchev–Trinajstić information content (AvgIpc) is 2.35. The van der Waals surface area contributed by atoms with Crippen molar-refractivity contribution in [2.45, 2.75) is 19.4 Å². The highest BCUT2D eigenvalue weighted by Gasteiger charge is 2.14. The van der Waals surface area contributed by atoms with Crippen molar-refractivity contribution >= 4 is 6.29 Å². The molecule has 1 unspecified atom stereocenters. The Kier molecular flexibility index (Phi) is 4.34. The first-order valence-corrected chi connectivity index (χ1v) is 4.95. The summed E-state index contributed by atoms with van der Waals surface area (Å²) in [4.78, 5) is 10.8. The molecule has 0 spiro atoms. The third-order valence-electron chi connectivity index (χ3n) is 2.13. The molecule has 84 valence electrons. The molecule has 1 rings (SSSR count). The maximum Gasteiger partial charge on any atom is 0.184 e. The van der Waals surface area contributed by atoms with Crippen LogP contribution in [0, 0.1) is 11.3 Å². The van der Waals surface area contributed by atoms with Gasteiger partial charge in [-0.15, -0.1) is 0 Å². The number of benzene rings is 1. The number of methoxy groups -OCH3 is 1. The van der Waals surface area contributed by atoms with Crippen LogP contribution in [0.1, 0.15) is 23.7 Å². The summed E-state index contributed by atoms with van der Waals surface area (Å²) < 4.78 is 10.5. The number of hydrogen-bond donors (Lipinski definition) is 0. The van der Waals surface area contributed by atoms with Crippen molar-refractivity contribution in [2.24, 2.45) is 0 Å². The third-order valence-corrected chi connectivity index (χ3v) is 2.13. The molecule has 0 heterocycles. The number of nitrogens with zero attached hydrogens (tertiary/aromatic N) is 1. The van der Waals surface area contributed by atoms with Gasteiger partial charge in [0.05, 0.1) is 12.7 Å². The van der Waals surface area contributed by atoms with Gasteiger partial charge in [0.2, 0.25) is 0 Å². The molecule has 4 heteroatoms. The Morgan fingerprint density at radius 2 is 2.31 bits per heavy atom. The summed E-state index contributed by atoms with van der Waals surface area (Å²) >= 11 is 0. The zero-order valence-corrected chi connectivity index (χ0v) is 9.27. The molecule has 0 fully saturated rings. The predicted octanol–water partition coefficient (Wildman–Crippen LogP) is 2.19. The summed E-state index contributed by atoms with van der Waals surface area (Å²) in [7, 11) is 1.49. The highest BCUT2D eigenvalue weighted by atomic mass is 16.5. The second kappa shape index (κ2) is 5.76. The number of carbonyl (C=O) groups excluding carboxylic acids is 1. The Morgan fingerprint density at radius 3 is 2.81 bits per heavy atom. The molecule has 0 amide bonds. The van der Waals surface area contributed by atoms with Crippen molar-refractivity contribution in [3.05, 3.63) is 23.8 Å². The van der Waals surface area contributed by atoms with E-state index in [1.807, 2.05) is 13.0 Å². The fraction of sp³-hybridized carbons (Fsp3) is 0.333. The van der Waals surface area contributed by atoms with Gasteiger partial charge in [-0.2, -0.15) is 5.26 Å². The second-order valence-corrected chi connectivity index (χ2v) is 3.14. The van der Waals surface area contributed by atoms with E-state index in [9.17, 15) is 4.79 Å². The van der Waals surface area contributed by atoms with E-state index in [4.69, 9.17) is 14.7 Å². The molecule has 0 radical (unpaired) electrons. The lowest BCUT2D eigenvalue weighted by Gasteiger charge is -2.15. The highest BCUT2D eigenvalue weighted by Crippen LogP contribution is 2.31. The summed E-state index contributed by atoms with van der Waals surface area (Å²) in [6.07, 6.45) is 0.657. The average molecular weight is 219 g/mol. The fourth-order valence-electron chi connectivity index (χ4n) is 1.26. The first kappa shape index (κ1) is 12.1. The third kappa shape index (κ3) is 2.51. The number of carbonyl (C=O) groups is 1. The van der Waals surface area contributed by atoms with Crippen LogP contribution in [0.4, 0.5) is 0 Å². The van der Waals surface area contributed by atoms with E-state index in [0.717, 1.165) is 0 Å². The predicted molar refractivity (Wildman–Crippen MR) is 58.7 cm³/mol. The number of nitriles is 1. The van der Waals surface area contributed by atoms with E-state index < -0.39 is 6.10 Å². The zero-order valence-electron chi connectivity index (χ0n) is 9.27. The number of aldehydes is 1. The number of rotatable bonds is 5. The largest absolute Gasteiger partial charge is 0.493 e. The van der Waals surface area contributed by atoms with Crippen molar-refractivity contribution in [1.29, 1.82) is 5.26 Å². The minimum atomic E-state index is -0.574. The maximum atomic E-state index is 10.8. The van der Waals surface area contributed by atoms with E-state index in [1.165, 1.54) is 7.11 Å². The molecule has 0 N–H and O–H groups in total. The van der Waals surface area contributed by atoms with Gasteiger partial charge in [0.25, 0.3) is 0 Å². The molecule has 0 aromatic heterocycles. The second-order valence-electron chi connectivity index (χ2n) is 3.14. The van der Waals surface area contributed by atoms with E-state index in [0.29, 0.717) is 29.8 Å². The van der Waals surface area contributed by atoms with Crippen molar-refractivity contribution in [3.63, 3.8) is 0 Å². The molecule has 0 saturated carbocycles. The Labute approximate surface area is 94.4 Å². The SMILES string of the molecule is CCC(C#N)Oc1c(C=O)cccc1OC. The van der Waals surface area contributed by atoms with E-state index in [1.54, 1.807) is 18.2 Å². The molecular formula is C12H13NO3. The van der Waals surface area contributed by atoms with Crippen molar-refractivity contribution in [2.75, 3.05) is 7.11 Å². The summed E-state index contributed by atoms with van der Waals surface area (Å²) in [5, 5.41) is 8.81. The number of hydrogen-bond acceptors (Lipinski definition) is 4. The van der Waals surface area contributed by atoms with Crippen LogP contribution in [0.3, 0.4) is 0 Å². The normalized spacial score (nSPS) is 11.3. The van der Waals surface area contributed by atoms with Gasteiger partial charge in [-0.1, -0.05) is 13.0 Å². The van der Waals surface area contributed by atoms with E-state index in [-0.39, 0.29) is 0 Å². The van der Waals surface area contributed by atoms with Crippen LogP contribution in [-0.2, 0) is 0 Å². The van der Waals surface area contributed by atoms with Gasteiger partial charge in [0, 0.05) is 0 Å². The van der Waals surface area contributed by atoms with Crippen molar-refractivity contribution in [3.8, 4) is 17.6 Å². The standard InChI is InChI=1S/C12H13NO3/c1-3-10(7-13)16-12-9(8-14)5-4-6-11(12)15-2/h4-6,8,10H,3H2,1-2H3. The smallest absolute Gasteiger partial charge is 0.184 e. The van der Waals surface area contributed by atoms with Crippen LogP contribution in [0.15, 0.2) is 18.2 Å². The fourth-order valence-corrected chi connectivity index (χ4v) is 1.26. The van der Waals surface area contributed by atoms with Crippen LogP contribution in [0.2, 0.25) is 0 Å². The van der Waals surface area contributed by atoms with Crippen molar-refractivity contribution in [1.82, 2.24) is 0 Å². The van der Waals surface area contributed by atoms with Crippen LogP contribution in [-0.4, -0.2) is 19.5 Å². The van der Waals surface area contributed by atoms with Crippen LogP contribution < -0.4 is 9.47 Å². The lowest BCUT2D eigenvalue weighted by molar-refractivity contribution is 0.111. The van der Waals surface area contributed by atoms with Gasteiger partial charge in [-0.3, -0.25) is 4.79 Å². The molecule has 0 aliphatic rings. The summed E-state index contributed by atoms with van der Waals surface area (Å²) in [5.41, 5.74) is 0.382. The van der Waals surface area contributed by atoms with Gasteiger partial charge in [-0.25, -0.2) is 0 Å². The minimum absolute atomic E-state index is 0.327. The van der Waals surface area contributed by atoms with Crippen molar-refractivity contribution < 1.29 is 14.3 Å². The first-order chi connectivity index (χ1) is 7.76. The number of para-hydroxylation sites is 1. The van der Waals surface area contributed by atoms with E-state index >= 15 is 0 Å². The monoisotopic (exact) mass is 219 g/mol. The van der Waals surface area contributed by atoms with Gasteiger partial charge < -0.3 is 9.47 Å². The first-order valence-electron chi connectivity index (χ1n) is 4.95. The molecule has 0 bridgehead atoms. The Morgan fingerprint density at radius 1 is 1.56 bits per heavy atom. The molecule has 16 heavy (non-hydrogen) atoms. The maximum absolute atomic E-state index is 10.8. The van der Waals surface area contributed by atoms with Crippen LogP contribution >= 0.6 is 0 Å².